The van der Waals surface area contributed by atoms with Crippen molar-refractivity contribution in [3.05, 3.63) is 35.4 Å². The van der Waals surface area contributed by atoms with Crippen LogP contribution in [0.3, 0.4) is 0 Å². The van der Waals surface area contributed by atoms with Gasteiger partial charge in [-0.3, -0.25) is 0 Å². The van der Waals surface area contributed by atoms with E-state index in [1.807, 2.05) is 0 Å². The number of hydrogen-bond acceptors (Lipinski definition) is 0. The molecule has 0 aromatic heterocycles. The van der Waals surface area contributed by atoms with Crippen LogP contribution in [-0.4, -0.2) is 0 Å². The molecule has 0 aliphatic rings. The molecule has 1 rings (SSSR count). The smallest absolute Gasteiger partial charge is 0.0162 e. The van der Waals surface area contributed by atoms with E-state index in [9.17, 15) is 0 Å². The number of hydrogen-bond donors (Lipinski definition) is 0. The zero-order chi connectivity index (χ0) is 17.6. The quantitative estimate of drug-likeness (QED) is 0.299. The molecule has 0 saturated heterocycles. The third-order valence-electron chi connectivity index (χ3n) is 5.44. The number of rotatable bonds is 14. The Hall–Kier alpha value is -0.780. The minimum Gasteiger partial charge on any atom is -0.0654 e. The summed E-state index contributed by atoms with van der Waals surface area (Å²) in [4.78, 5) is 0. The Morgan fingerprint density at radius 2 is 1.04 bits per heavy atom. The molecule has 0 aliphatic heterocycles. The summed E-state index contributed by atoms with van der Waals surface area (Å²) >= 11 is 0. The number of unbranched alkanes of at least 4 members (excludes halogenated alkanes) is 4. The first-order valence-corrected chi connectivity index (χ1v) is 10.9. The molecule has 1 aromatic rings. The molecule has 0 bridgehead atoms. The molecule has 1 aromatic carbocycles. The van der Waals surface area contributed by atoms with Gasteiger partial charge in [0.2, 0.25) is 0 Å². The molecule has 0 nitrogen and oxygen atoms in total. The van der Waals surface area contributed by atoms with Crippen LogP contribution in [0.1, 0.15) is 128 Å². The molecule has 0 N–H and O–H groups in total. The predicted molar refractivity (Wildman–Crippen MR) is 110 cm³/mol. The maximum atomic E-state index is 2.57. The van der Waals surface area contributed by atoms with Gasteiger partial charge in [0, 0.05) is 0 Å². The molecular formula is C24H42. The fraction of sp³-hybridized carbons (Fsp3) is 0.750. The average molecular weight is 331 g/mol. The van der Waals surface area contributed by atoms with Crippen molar-refractivity contribution in [2.45, 2.75) is 117 Å². The molecule has 0 radical (unpaired) electrons. The number of benzene rings is 1. The van der Waals surface area contributed by atoms with Gasteiger partial charge in [0.1, 0.15) is 0 Å². The Balaban J connectivity index is 2.82. The van der Waals surface area contributed by atoms with E-state index in [0.717, 1.165) is 11.8 Å². The molecule has 0 fully saturated rings. The Labute approximate surface area is 152 Å². The van der Waals surface area contributed by atoms with Crippen LogP contribution in [0.15, 0.2) is 24.3 Å². The predicted octanol–water partition coefficient (Wildman–Crippen LogP) is 8.61. The van der Waals surface area contributed by atoms with Gasteiger partial charge in [-0.05, 0) is 48.6 Å². The molecule has 0 amide bonds. The van der Waals surface area contributed by atoms with Gasteiger partial charge >= 0.3 is 0 Å². The highest BCUT2D eigenvalue weighted by molar-refractivity contribution is 5.29. The van der Waals surface area contributed by atoms with Crippen molar-refractivity contribution in [2.24, 2.45) is 0 Å². The van der Waals surface area contributed by atoms with E-state index >= 15 is 0 Å². The molecule has 0 spiro atoms. The highest BCUT2D eigenvalue weighted by Crippen LogP contribution is 2.32. The van der Waals surface area contributed by atoms with E-state index < -0.39 is 0 Å². The van der Waals surface area contributed by atoms with E-state index in [1.54, 1.807) is 11.1 Å². The second-order valence-corrected chi connectivity index (χ2v) is 7.63. The molecule has 138 valence electrons. The molecule has 0 saturated carbocycles. The second kappa shape index (κ2) is 13.5. The van der Waals surface area contributed by atoms with Crippen LogP contribution in [0.5, 0.6) is 0 Å². The lowest BCUT2D eigenvalue weighted by molar-refractivity contribution is 0.518. The zero-order valence-electron chi connectivity index (χ0n) is 16.9. The van der Waals surface area contributed by atoms with Gasteiger partial charge in [-0.1, -0.05) is 103 Å². The van der Waals surface area contributed by atoms with Gasteiger partial charge in [-0.2, -0.15) is 0 Å². The fourth-order valence-corrected chi connectivity index (χ4v) is 4.00. The fourth-order valence-electron chi connectivity index (χ4n) is 4.00. The van der Waals surface area contributed by atoms with Crippen LogP contribution < -0.4 is 0 Å². The van der Waals surface area contributed by atoms with Crippen LogP contribution >= 0.6 is 0 Å². The third-order valence-corrected chi connectivity index (χ3v) is 5.44. The van der Waals surface area contributed by atoms with Gasteiger partial charge in [-0.15, -0.1) is 0 Å². The summed E-state index contributed by atoms with van der Waals surface area (Å²) in [5, 5.41) is 0. The van der Waals surface area contributed by atoms with Gasteiger partial charge in [-0.25, -0.2) is 0 Å². The van der Waals surface area contributed by atoms with Gasteiger partial charge in [0.25, 0.3) is 0 Å². The molecule has 2 atom stereocenters. The van der Waals surface area contributed by atoms with Crippen LogP contribution in [0, 0.1) is 0 Å². The van der Waals surface area contributed by atoms with Crippen molar-refractivity contribution in [1.82, 2.24) is 0 Å². The second-order valence-electron chi connectivity index (χ2n) is 7.63. The highest BCUT2D eigenvalue weighted by Gasteiger charge is 2.15. The summed E-state index contributed by atoms with van der Waals surface area (Å²) in [6.07, 6.45) is 16.3. The van der Waals surface area contributed by atoms with E-state index in [-0.39, 0.29) is 0 Å². The van der Waals surface area contributed by atoms with Crippen LogP contribution in [0.25, 0.3) is 0 Å². The van der Waals surface area contributed by atoms with Crippen LogP contribution in [0.4, 0.5) is 0 Å². The summed E-state index contributed by atoms with van der Waals surface area (Å²) in [6, 6.07) is 9.68. The summed E-state index contributed by atoms with van der Waals surface area (Å²) in [7, 11) is 0. The van der Waals surface area contributed by atoms with E-state index in [2.05, 4.69) is 52.0 Å². The Kier molecular flexibility index (Phi) is 12.0. The van der Waals surface area contributed by atoms with Crippen molar-refractivity contribution < 1.29 is 0 Å². The standard InChI is InChI=1S/C24H42/c1-5-9-11-16-21(14-7-3)23-18-13-19-24(20-23)22(15-8-4)17-12-10-6-2/h13,18-22H,5-12,14-17H2,1-4H3. The minimum absolute atomic E-state index is 0.777. The maximum absolute atomic E-state index is 2.57. The van der Waals surface area contributed by atoms with Gasteiger partial charge in [0.15, 0.2) is 0 Å². The summed E-state index contributed by atoms with van der Waals surface area (Å²) in [5.41, 5.74) is 3.23. The van der Waals surface area contributed by atoms with E-state index in [1.165, 1.54) is 77.0 Å². The normalized spacial score (nSPS) is 13.8. The van der Waals surface area contributed by atoms with Crippen molar-refractivity contribution in [3.63, 3.8) is 0 Å². The Morgan fingerprint density at radius 1 is 0.583 bits per heavy atom. The zero-order valence-corrected chi connectivity index (χ0v) is 16.9. The third kappa shape index (κ3) is 7.86. The highest BCUT2D eigenvalue weighted by atomic mass is 14.2. The molecule has 2 unspecified atom stereocenters. The SMILES string of the molecule is CCCCCC(CCC)c1cccc(C(CCC)CCCCC)c1. The summed E-state index contributed by atoms with van der Waals surface area (Å²) in [6.45, 7) is 9.28. The van der Waals surface area contributed by atoms with Crippen molar-refractivity contribution in [2.75, 3.05) is 0 Å². The van der Waals surface area contributed by atoms with E-state index in [0.29, 0.717) is 0 Å². The van der Waals surface area contributed by atoms with Crippen molar-refractivity contribution in [3.8, 4) is 0 Å². The van der Waals surface area contributed by atoms with Crippen molar-refractivity contribution >= 4 is 0 Å². The monoisotopic (exact) mass is 330 g/mol. The van der Waals surface area contributed by atoms with Gasteiger partial charge in [0.05, 0.1) is 0 Å². The summed E-state index contributed by atoms with van der Waals surface area (Å²) in [5.74, 6) is 1.55. The lowest BCUT2D eigenvalue weighted by atomic mass is 9.84. The first-order valence-electron chi connectivity index (χ1n) is 10.9. The molecule has 0 heterocycles. The topological polar surface area (TPSA) is 0 Å². The average Bonchev–Trinajstić information content (AvgIpc) is 2.61. The Bertz CT molecular complexity index is 371. The summed E-state index contributed by atoms with van der Waals surface area (Å²) < 4.78 is 0. The molecule has 0 aliphatic carbocycles. The lowest BCUT2D eigenvalue weighted by Gasteiger charge is -2.21. The lowest BCUT2D eigenvalue weighted by Crippen LogP contribution is -2.03. The first-order chi connectivity index (χ1) is 11.8. The van der Waals surface area contributed by atoms with Crippen LogP contribution in [-0.2, 0) is 0 Å². The minimum atomic E-state index is 0.777. The van der Waals surface area contributed by atoms with Crippen LogP contribution in [0.2, 0.25) is 0 Å². The molecule has 0 heteroatoms. The molecular weight excluding hydrogens is 288 g/mol. The van der Waals surface area contributed by atoms with E-state index in [4.69, 9.17) is 0 Å². The maximum Gasteiger partial charge on any atom is -0.0162 e. The van der Waals surface area contributed by atoms with Gasteiger partial charge < -0.3 is 0 Å². The first kappa shape index (κ1) is 21.3. The van der Waals surface area contributed by atoms with Crippen molar-refractivity contribution in [1.29, 1.82) is 0 Å². The Morgan fingerprint density at radius 3 is 1.42 bits per heavy atom. The molecule has 24 heavy (non-hydrogen) atoms. The largest absolute Gasteiger partial charge is 0.0654 e.